The molecule has 1 aromatic rings. The van der Waals surface area contributed by atoms with Crippen molar-refractivity contribution in [2.75, 3.05) is 37.1 Å². The molecule has 1 heterocycles. The maximum atomic E-state index is 11.4. The summed E-state index contributed by atoms with van der Waals surface area (Å²) in [4.78, 5) is 17.2. The molecular weight excluding hydrogens is 276 g/mol. The molecule has 0 aromatic carbocycles. The lowest BCUT2D eigenvalue weighted by Crippen LogP contribution is -2.24. The van der Waals surface area contributed by atoms with Crippen molar-refractivity contribution in [3.05, 3.63) is 11.1 Å². The van der Waals surface area contributed by atoms with Crippen molar-refractivity contribution < 1.29 is 17.9 Å². The van der Waals surface area contributed by atoms with Gasteiger partial charge in [-0.3, -0.25) is 0 Å². The van der Waals surface area contributed by atoms with Gasteiger partial charge in [0, 0.05) is 25.2 Å². The minimum Gasteiger partial charge on any atom is -0.461 e. The van der Waals surface area contributed by atoms with E-state index in [2.05, 4.69) is 4.98 Å². The van der Waals surface area contributed by atoms with Crippen LogP contribution in [0.2, 0.25) is 0 Å². The van der Waals surface area contributed by atoms with Crippen molar-refractivity contribution in [3.8, 4) is 0 Å². The Morgan fingerprint density at radius 1 is 1.56 bits per heavy atom. The van der Waals surface area contributed by atoms with Crippen LogP contribution >= 0.6 is 11.3 Å². The first-order valence-corrected chi connectivity index (χ1v) is 8.29. The zero-order valence-electron chi connectivity index (χ0n) is 10.5. The van der Waals surface area contributed by atoms with E-state index in [1.807, 2.05) is 0 Å². The molecule has 0 atom stereocenters. The van der Waals surface area contributed by atoms with Crippen molar-refractivity contribution >= 4 is 32.3 Å². The summed E-state index contributed by atoms with van der Waals surface area (Å²) in [6, 6.07) is 0. The summed E-state index contributed by atoms with van der Waals surface area (Å²) in [6.45, 7) is 2.37. The van der Waals surface area contributed by atoms with Gasteiger partial charge in [-0.2, -0.15) is 0 Å². The molecule has 1 rings (SSSR count). The van der Waals surface area contributed by atoms with Crippen LogP contribution in [-0.2, 0) is 14.6 Å². The van der Waals surface area contributed by atoms with Gasteiger partial charge in [-0.25, -0.2) is 18.2 Å². The Labute approximate surface area is 111 Å². The topological polar surface area (TPSA) is 76.6 Å². The fourth-order valence-corrected chi connectivity index (χ4v) is 2.53. The molecule has 0 bridgehead atoms. The number of esters is 1. The van der Waals surface area contributed by atoms with E-state index >= 15 is 0 Å². The molecule has 0 fully saturated rings. The molecule has 0 radical (unpaired) electrons. The number of carbonyl (C=O) groups is 1. The number of hydrogen-bond donors (Lipinski definition) is 0. The zero-order valence-corrected chi connectivity index (χ0v) is 12.2. The van der Waals surface area contributed by atoms with Gasteiger partial charge < -0.3 is 9.64 Å². The summed E-state index contributed by atoms with van der Waals surface area (Å²) in [5.74, 6) is -0.408. The number of nitrogens with zero attached hydrogens (tertiary/aromatic N) is 2. The van der Waals surface area contributed by atoms with E-state index in [9.17, 15) is 13.2 Å². The molecule has 1 aromatic heterocycles. The Bertz CT molecular complexity index is 510. The average Bonchev–Trinajstić information content (AvgIpc) is 2.74. The number of rotatable bonds is 6. The van der Waals surface area contributed by atoms with Gasteiger partial charge in [-0.1, -0.05) is 0 Å². The second kappa shape index (κ2) is 6.14. The molecule has 102 valence electrons. The first kappa shape index (κ1) is 14.9. The minimum atomic E-state index is -3.00. The molecular formula is C10H16N2O4S2. The molecule has 6 nitrogen and oxygen atoms in total. The normalized spacial score (nSPS) is 11.3. The van der Waals surface area contributed by atoms with Crippen LogP contribution in [0, 0.1) is 0 Å². The Morgan fingerprint density at radius 3 is 2.78 bits per heavy atom. The summed E-state index contributed by atoms with van der Waals surface area (Å²) >= 11 is 1.28. The van der Waals surface area contributed by atoms with E-state index < -0.39 is 15.8 Å². The molecule has 0 N–H and O–H groups in total. The molecule has 0 amide bonds. The standard InChI is InChI=1S/C10H16N2O4S2/c1-4-16-9(13)8-7-17-10(11-8)12(2)5-6-18(3,14)15/h7H,4-6H2,1-3H3. The highest BCUT2D eigenvalue weighted by molar-refractivity contribution is 7.90. The van der Waals surface area contributed by atoms with Gasteiger partial charge in [0.2, 0.25) is 0 Å². The molecule has 0 aliphatic carbocycles. The van der Waals surface area contributed by atoms with E-state index in [4.69, 9.17) is 4.74 Å². The van der Waals surface area contributed by atoms with Gasteiger partial charge in [0.1, 0.15) is 9.84 Å². The van der Waals surface area contributed by atoms with Crippen molar-refractivity contribution in [1.82, 2.24) is 4.98 Å². The Hall–Kier alpha value is -1.15. The third kappa shape index (κ3) is 4.61. The number of hydrogen-bond acceptors (Lipinski definition) is 7. The van der Waals surface area contributed by atoms with Gasteiger partial charge in [-0.05, 0) is 6.92 Å². The molecule has 0 unspecified atom stereocenters. The molecule has 0 spiro atoms. The predicted molar refractivity (Wildman–Crippen MR) is 71.1 cm³/mol. The Kier molecular flexibility index (Phi) is 5.09. The highest BCUT2D eigenvalue weighted by Crippen LogP contribution is 2.19. The highest BCUT2D eigenvalue weighted by Gasteiger charge is 2.14. The molecule has 0 saturated heterocycles. The smallest absolute Gasteiger partial charge is 0.357 e. The van der Waals surface area contributed by atoms with Crippen LogP contribution in [0.3, 0.4) is 0 Å². The lowest BCUT2D eigenvalue weighted by atomic mass is 10.5. The Morgan fingerprint density at radius 2 is 2.22 bits per heavy atom. The fraction of sp³-hybridized carbons (Fsp3) is 0.600. The first-order valence-electron chi connectivity index (χ1n) is 5.35. The van der Waals surface area contributed by atoms with Crippen molar-refractivity contribution in [2.24, 2.45) is 0 Å². The van der Waals surface area contributed by atoms with Crippen LogP contribution in [0.25, 0.3) is 0 Å². The van der Waals surface area contributed by atoms with E-state index in [1.54, 1.807) is 24.3 Å². The third-order valence-electron chi connectivity index (χ3n) is 2.10. The summed E-state index contributed by atoms with van der Waals surface area (Å²) in [5.41, 5.74) is 0.253. The van der Waals surface area contributed by atoms with E-state index in [0.29, 0.717) is 18.3 Å². The number of thiazole rings is 1. The Balaban J connectivity index is 2.65. The van der Waals surface area contributed by atoms with Crippen LogP contribution in [0.15, 0.2) is 5.38 Å². The van der Waals surface area contributed by atoms with Crippen molar-refractivity contribution in [1.29, 1.82) is 0 Å². The molecule has 0 saturated carbocycles. The van der Waals surface area contributed by atoms with Crippen molar-refractivity contribution in [3.63, 3.8) is 0 Å². The van der Waals surface area contributed by atoms with Crippen LogP contribution < -0.4 is 4.90 Å². The van der Waals surface area contributed by atoms with E-state index in [-0.39, 0.29) is 11.4 Å². The SMILES string of the molecule is CCOC(=O)c1csc(N(C)CCS(C)(=O)=O)n1. The number of ether oxygens (including phenoxy) is 1. The zero-order chi connectivity index (χ0) is 13.8. The number of anilines is 1. The van der Waals surface area contributed by atoms with Gasteiger partial charge in [0.05, 0.1) is 12.4 Å². The maximum absolute atomic E-state index is 11.4. The largest absolute Gasteiger partial charge is 0.461 e. The second-order valence-electron chi connectivity index (χ2n) is 3.79. The van der Waals surface area contributed by atoms with Gasteiger partial charge in [0.15, 0.2) is 10.8 Å². The number of sulfone groups is 1. The lowest BCUT2D eigenvalue weighted by Gasteiger charge is -2.14. The highest BCUT2D eigenvalue weighted by atomic mass is 32.2. The van der Waals surface area contributed by atoms with E-state index in [1.165, 1.54) is 17.6 Å². The van der Waals surface area contributed by atoms with Gasteiger partial charge >= 0.3 is 5.97 Å². The van der Waals surface area contributed by atoms with Gasteiger partial charge in [-0.15, -0.1) is 11.3 Å². The molecule has 0 aliphatic heterocycles. The number of carbonyl (C=O) groups excluding carboxylic acids is 1. The van der Waals surface area contributed by atoms with Crippen LogP contribution in [-0.4, -0.2) is 51.6 Å². The summed E-state index contributed by atoms with van der Waals surface area (Å²) in [5, 5.41) is 2.20. The first-order chi connectivity index (χ1) is 8.33. The predicted octanol–water partition coefficient (Wildman–Crippen LogP) is 0.801. The average molecular weight is 292 g/mol. The number of aromatic nitrogens is 1. The quantitative estimate of drug-likeness (QED) is 0.722. The summed E-state index contributed by atoms with van der Waals surface area (Å²) in [7, 11) is -1.27. The summed E-state index contributed by atoms with van der Waals surface area (Å²) < 4.78 is 26.9. The molecule has 18 heavy (non-hydrogen) atoms. The molecule has 8 heteroatoms. The van der Waals surface area contributed by atoms with Crippen LogP contribution in [0.5, 0.6) is 0 Å². The van der Waals surface area contributed by atoms with Crippen molar-refractivity contribution in [2.45, 2.75) is 6.92 Å². The lowest BCUT2D eigenvalue weighted by molar-refractivity contribution is 0.0520. The molecule has 0 aliphatic rings. The maximum Gasteiger partial charge on any atom is 0.357 e. The van der Waals surface area contributed by atoms with E-state index in [0.717, 1.165) is 0 Å². The fourth-order valence-electron chi connectivity index (χ4n) is 1.14. The summed E-state index contributed by atoms with van der Waals surface area (Å²) in [6.07, 6.45) is 1.19. The second-order valence-corrected chi connectivity index (χ2v) is 6.88. The van der Waals surface area contributed by atoms with Crippen LogP contribution in [0.1, 0.15) is 17.4 Å². The van der Waals surface area contributed by atoms with Crippen LogP contribution in [0.4, 0.5) is 5.13 Å². The minimum absolute atomic E-state index is 0.0534. The van der Waals surface area contributed by atoms with Gasteiger partial charge in [0.25, 0.3) is 0 Å². The monoisotopic (exact) mass is 292 g/mol. The third-order valence-corrected chi connectivity index (χ3v) is 3.98.